The van der Waals surface area contributed by atoms with Crippen LogP contribution in [0.25, 0.3) is 0 Å². The molecule has 0 saturated heterocycles. The lowest BCUT2D eigenvalue weighted by Gasteiger charge is -2.35. The summed E-state index contributed by atoms with van der Waals surface area (Å²) in [6.07, 6.45) is 1.02. The summed E-state index contributed by atoms with van der Waals surface area (Å²) >= 11 is 1.37. The minimum absolute atomic E-state index is 0.0697. The number of hydrogen-bond acceptors (Lipinski definition) is 4. The van der Waals surface area contributed by atoms with Gasteiger partial charge >= 0.3 is 12.1 Å². The summed E-state index contributed by atoms with van der Waals surface area (Å²) in [5.74, 6) is 0. The number of rotatable bonds is 2. The van der Waals surface area contributed by atoms with Gasteiger partial charge in [0.25, 0.3) is 0 Å². The van der Waals surface area contributed by atoms with Crippen LogP contribution in [-0.2, 0) is 23.8 Å². The molecule has 0 unspecified atom stereocenters. The fourth-order valence-corrected chi connectivity index (χ4v) is 3.13. The highest BCUT2D eigenvalue weighted by molar-refractivity contribution is 7.11. The minimum atomic E-state index is -3.36. The molecule has 2 heterocycles. The molecule has 1 aromatic carbocycles. The maximum atomic E-state index is 14.5. The molecule has 0 atom stereocenters. The second kappa shape index (κ2) is 5.64. The summed E-state index contributed by atoms with van der Waals surface area (Å²) < 4.78 is 33.9. The molecule has 0 bridgehead atoms. The van der Waals surface area contributed by atoms with Crippen molar-refractivity contribution < 1.29 is 18.3 Å². The van der Waals surface area contributed by atoms with E-state index in [9.17, 15) is 13.6 Å². The Labute approximate surface area is 130 Å². The molecular formula is C15H14F2N2O2S. The smallest absolute Gasteiger partial charge is 0.415 e. The highest BCUT2D eigenvalue weighted by atomic mass is 32.1. The third-order valence-corrected chi connectivity index (χ3v) is 4.38. The number of carbonyl (C=O) groups excluding carboxylic acids is 1. The zero-order valence-electron chi connectivity index (χ0n) is 11.9. The number of fused-ring (bicyclic) bond motifs is 1. The number of aryl methyl sites for hydroxylation is 1. The van der Waals surface area contributed by atoms with Crippen LogP contribution in [-0.4, -0.2) is 22.5 Å². The van der Waals surface area contributed by atoms with Gasteiger partial charge in [-0.3, -0.25) is 0 Å². The van der Waals surface area contributed by atoms with E-state index in [1.165, 1.54) is 17.4 Å². The van der Waals surface area contributed by atoms with E-state index < -0.39 is 12.1 Å². The van der Waals surface area contributed by atoms with Gasteiger partial charge in [0.15, 0.2) is 0 Å². The molecule has 0 fully saturated rings. The Morgan fingerprint density at radius 2 is 2.23 bits per heavy atom. The molecular weight excluding hydrogens is 310 g/mol. The average molecular weight is 324 g/mol. The van der Waals surface area contributed by atoms with Crippen LogP contribution in [0.3, 0.4) is 0 Å². The van der Waals surface area contributed by atoms with Crippen molar-refractivity contribution in [1.29, 1.82) is 0 Å². The Balaban J connectivity index is 1.73. The van der Waals surface area contributed by atoms with E-state index in [2.05, 4.69) is 4.98 Å². The third-order valence-electron chi connectivity index (χ3n) is 3.49. The summed E-state index contributed by atoms with van der Waals surface area (Å²) in [5, 5.41) is 0.589. The Kier molecular flexibility index (Phi) is 3.82. The first-order valence-electron chi connectivity index (χ1n) is 6.80. The van der Waals surface area contributed by atoms with Crippen LogP contribution in [0.4, 0.5) is 13.6 Å². The summed E-state index contributed by atoms with van der Waals surface area (Å²) in [6.45, 7) is 1.71. The van der Waals surface area contributed by atoms with Gasteiger partial charge in [0, 0.05) is 23.2 Å². The zero-order valence-corrected chi connectivity index (χ0v) is 12.7. The molecule has 2 aromatic rings. The van der Waals surface area contributed by atoms with Crippen LogP contribution in [0.2, 0.25) is 0 Å². The van der Waals surface area contributed by atoms with E-state index in [1.807, 2.05) is 6.92 Å². The van der Waals surface area contributed by atoms with Crippen LogP contribution in [0.1, 0.15) is 21.0 Å². The number of halogens is 2. The Morgan fingerprint density at radius 1 is 1.45 bits per heavy atom. The standard InChI is InChI=1S/C15H14F2N2O2S/c1-10-8-18-13(22-10)9-21-14(20)19-7-6-11-4-2-3-5-12(11)15(19,16)17/h2-5,8H,6-7,9H2,1H3. The van der Waals surface area contributed by atoms with Crippen LogP contribution in [0.15, 0.2) is 30.5 Å². The summed E-state index contributed by atoms with van der Waals surface area (Å²) in [5.41, 5.74) is 0.426. The summed E-state index contributed by atoms with van der Waals surface area (Å²) in [4.78, 5) is 17.5. The molecule has 0 saturated carbocycles. The van der Waals surface area contributed by atoms with Crippen LogP contribution < -0.4 is 0 Å². The molecule has 0 spiro atoms. The molecule has 1 amide bonds. The summed E-state index contributed by atoms with van der Waals surface area (Å²) in [7, 11) is 0. The van der Waals surface area contributed by atoms with Crippen molar-refractivity contribution in [3.63, 3.8) is 0 Å². The lowest BCUT2D eigenvalue weighted by atomic mass is 9.98. The third kappa shape index (κ3) is 2.68. The molecule has 22 heavy (non-hydrogen) atoms. The van der Waals surface area contributed by atoms with Crippen molar-refractivity contribution in [2.24, 2.45) is 0 Å². The van der Waals surface area contributed by atoms with Crippen molar-refractivity contribution >= 4 is 17.4 Å². The molecule has 116 valence electrons. The number of nitrogens with zero attached hydrogens (tertiary/aromatic N) is 2. The lowest BCUT2D eigenvalue weighted by molar-refractivity contribution is -0.146. The van der Waals surface area contributed by atoms with Gasteiger partial charge in [-0.1, -0.05) is 24.3 Å². The van der Waals surface area contributed by atoms with Crippen molar-refractivity contribution in [1.82, 2.24) is 9.88 Å². The van der Waals surface area contributed by atoms with E-state index in [4.69, 9.17) is 4.74 Å². The highest BCUT2D eigenvalue weighted by Crippen LogP contribution is 2.38. The maximum absolute atomic E-state index is 14.5. The van der Waals surface area contributed by atoms with Gasteiger partial charge in [-0.2, -0.15) is 8.78 Å². The van der Waals surface area contributed by atoms with Gasteiger partial charge < -0.3 is 4.74 Å². The molecule has 4 nitrogen and oxygen atoms in total. The second-order valence-corrected chi connectivity index (χ2v) is 6.34. The Hall–Kier alpha value is -2.02. The number of thiazole rings is 1. The van der Waals surface area contributed by atoms with Gasteiger partial charge in [-0.15, -0.1) is 11.3 Å². The number of amides is 1. The largest absolute Gasteiger partial charge is 0.442 e. The molecule has 3 rings (SSSR count). The van der Waals surface area contributed by atoms with Crippen LogP contribution in [0.5, 0.6) is 0 Å². The molecule has 7 heteroatoms. The Bertz CT molecular complexity index is 702. The predicted molar refractivity (Wildman–Crippen MR) is 77.8 cm³/mol. The van der Waals surface area contributed by atoms with Crippen molar-refractivity contribution in [3.8, 4) is 0 Å². The van der Waals surface area contributed by atoms with Gasteiger partial charge in [0.2, 0.25) is 0 Å². The molecule has 1 aliphatic heterocycles. The van der Waals surface area contributed by atoms with Gasteiger partial charge in [-0.05, 0) is 18.9 Å². The van der Waals surface area contributed by atoms with E-state index in [0.717, 1.165) is 4.88 Å². The fraction of sp³-hybridized carbons (Fsp3) is 0.333. The first-order valence-corrected chi connectivity index (χ1v) is 7.62. The first-order chi connectivity index (χ1) is 10.5. The molecule has 0 radical (unpaired) electrons. The number of ether oxygens (including phenoxy) is 1. The van der Waals surface area contributed by atoms with Crippen molar-refractivity contribution in [2.45, 2.75) is 26.0 Å². The summed E-state index contributed by atoms with van der Waals surface area (Å²) in [6, 6.07) is 2.90. The minimum Gasteiger partial charge on any atom is -0.442 e. The van der Waals surface area contributed by atoms with Crippen molar-refractivity contribution in [3.05, 3.63) is 51.5 Å². The van der Waals surface area contributed by atoms with Crippen LogP contribution >= 0.6 is 11.3 Å². The van der Waals surface area contributed by atoms with Crippen LogP contribution in [0, 0.1) is 6.92 Å². The van der Waals surface area contributed by atoms with Gasteiger partial charge in [-0.25, -0.2) is 14.7 Å². The van der Waals surface area contributed by atoms with E-state index in [0.29, 0.717) is 21.9 Å². The number of benzene rings is 1. The fourth-order valence-electron chi connectivity index (χ4n) is 2.43. The first kappa shape index (κ1) is 14.9. The molecule has 0 N–H and O–H groups in total. The van der Waals surface area contributed by atoms with E-state index >= 15 is 0 Å². The monoisotopic (exact) mass is 324 g/mol. The number of hydrogen-bond donors (Lipinski definition) is 0. The van der Waals surface area contributed by atoms with Gasteiger partial charge in [0.05, 0.1) is 0 Å². The van der Waals surface area contributed by atoms with Crippen molar-refractivity contribution in [2.75, 3.05) is 6.54 Å². The predicted octanol–water partition coefficient (Wildman–Crippen LogP) is 3.70. The number of aromatic nitrogens is 1. The van der Waals surface area contributed by atoms with E-state index in [-0.39, 0.29) is 18.7 Å². The Morgan fingerprint density at radius 3 is 2.95 bits per heavy atom. The number of alkyl halides is 2. The highest BCUT2D eigenvalue weighted by Gasteiger charge is 2.47. The van der Waals surface area contributed by atoms with E-state index in [1.54, 1.807) is 24.4 Å². The quantitative estimate of drug-likeness (QED) is 0.791. The second-order valence-electron chi connectivity index (χ2n) is 5.02. The lowest BCUT2D eigenvalue weighted by Crippen LogP contribution is -2.48. The molecule has 1 aromatic heterocycles. The average Bonchev–Trinajstić information content (AvgIpc) is 2.90. The maximum Gasteiger partial charge on any atom is 0.415 e. The zero-order chi connectivity index (χ0) is 15.7. The molecule has 0 aliphatic carbocycles. The van der Waals surface area contributed by atoms with Gasteiger partial charge in [0.1, 0.15) is 11.6 Å². The number of carbonyl (C=O) groups is 1. The normalized spacial score (nSPS) is 16.2. The topological polar surface area (TPSA) is 42.4 Å². The SMILES string of the molecule is Cc1cnc(COC(=O)N2CCc3ccccc3C2(F)F)s1. The molecule has 1 aliphatic rings.